The Kier molecular flexibility index (Phi) is 3.88. The molecule has 0 aliphatic rings. The van der Waals surface area contributed by atoms with Gasteiger partial charge < -0.3 is 4.74 Å². The average molecular weight is 259 g/mol. The summed E-state index contributed by atoms with van der Waals surface area (Å²) in [6.45, 7) is 2.15. The van der Waals surface area contributed by atoms with Crippen LogP contribution < -0.4 is 0 Å². The van der Waals surface area contributed by atoms with Gasteiger partial charge in [-0.15, -0.1) is 0 Å². The molecule has 0 bridgehead atoms. The van der Waals surface area contributed by atoms with Crippen LogP contribution in [0.25, 0.3) is 6.08 Å². The van der Waals surface area contributed by atoms with E-state index in [4.69, 9.17) is 4.74 Å². The Bertz CT molecular complexity index is 358. The van der Waals surface area contributed by atoms with Crippen LogP contribution >= 0.6 is 15.9 Å². The van der Waals surface area contributed by atoms with E-state index < -0.39 is 0 Å². The molecule has 5 heteroatoms. The van der Waals surface area contributed by atoms with Crippen LogP contribution in [0.5, 0.6) is 0 Å². The van der Waals surface area contributed by atoms with E-state index in [1.807, 2.05) is 13.2 Å². The van der Waals surface area contributed by atoms with E-state index in [9.17, 15) is 4.79 Å². The molecule has 0 aliphatic carbocycles. The number of halogens is 1. The molecule has 0 N–H and O–H groups in total. The molecule has 0 unspecified atom stereocenters. The number of aromatic nitrogens is 2. The van der Waals surface area contributed by atoms with E-state index in [1.54, 1.807) is 17.7 Å². The predicted molar refractivity (Wildman–Crippen MR) is 56.6 cm³/mol. The van der Waals surface area contributed by atoms with E-state index in [2.05, 4.69) is 21.0 Å². The Labute approximate surface area is 90.7 Å². The number of aryl methyl sites for hydroxylation is 1. The van der Waals surface area contributed by atoms with Gasteiger partial charge in [0.05, 0.1) is 16.8 Å². The molecule has 4 nitrogen and oxygen atoms in total. The first-order valence-electron chi connectivity index (χ1n) is 4.17. The normalized spacial score (nSPS) is 10.8. The van der Waals surface area contributed by atoms with Gasteiger partial charge in [-0.05, 0) is 28.9 Å². The van der Waals surface area contributed by atoms with Gasteiger partial charge in [-0.25, -0.2) is 4.79 Å². The van der Waals surface area contributed by atoms with Gasteiger partial charge in [0.15, 0.2) is 0 Å². The molecule has 0 radical (unpaired) electrons. The fourth-order valence-corrected chi connectivity index (χ4v) is 1.43. The van der Waals surface area contributed by atoms with Gasteiger partial charge in [-0.3, -0.25) is 4.68 Å². The summed E-state index contributed by atoms with van der Waals surface area (Å²) in [7, 11) is 1.81. The Morgan fingerprint density at radius 3 is 3.00 bits per heavy atom. The van der Waals surface area contributed by atoms with Gasteiger partial charge in [0.2, 0.25) is 0 Å². The maximum absolute atomic E-state index is 11.0. The van der Waals surface area contributed by atoms with Crippen molar-refractivity contribution in [3.05, 3.63) is 22.4 Å². The number of hydrogen-bond donors (Lipinski definition) is 0. The summed E-state index contributed by atoms with van der Waals surface area (Å²) >= 11 is 3.32. The molecule has 14 heavy (non-hydrogen) atoms. The monoisotopic (exact) mass is 258 g/mol. The number of carbonyl (C=O) groups is 1. The molecule has 1 heterocycles. The smallest absolute Gasteiger partial charge is 0.330 e. The van der Waals surface area contributed by atoms with Crippen molar-refractivity contribution in [1.29, 1.82) is 0 Å². The van der Waals surface area contributed by atoms with Crippen molar-refractivity contribution in [2.45, 2.75) is 6.92 Å². The van der Waals surface area contributed by atoms with Crippen LogP contribution in [0.2, 0.25) is 0 Å². The van der Waals surface area contributed by atoms with Gasteiger partial charge in [-0.2, -0.15) is 5.10 Å². The Hall–Kier alpha value is -1.10. The highest BCUT2D eigenvalue weighted by molar-refractivity contribution is 9.10. The second-order valence-corrected chi connectivity index (χ2v) is 3.48. The van der Waals surface area contributed by atoms with E-state index in [0.29, 0.717) is 12.3 Å². The minimum Gasteiger partial charge on any atom is -0.463 e. The molecule has 0 saturated heterocycles. The van der Waals surface area contributed by atoms with Gasteiger partial charge in [0.25, 0.3) is 0 Å². The van der Waals surface area contributed by atoms with Crippen molar-refractivity contribution in [1.82, 2.24) is 9.78 Å². The van der Waals surface area contributed by atoms with Crippen molar-refractivity contribution in [3.8, 4) is 0 Å². The third-order valence-electron chi connectivity index (χ3n) is 1.47. The zero-order valence-corrected chi connectivity index (χ0v) is 9.61. The maximum Gasteiger partial charge on any atom is 0.330 e. The van der Waals surface area contributed by atoms with E-state index in [-0.39, 0.29) is 5.97 Å². The predicted octanol–water partition coefficient (Wildman–Crippen LogP) is 1.76. The van der Waals surface area contributed by atoms with Crippen molar-refractivity contribution < 1.29 is 9.53 Å². The standard InChI is InChI=1S/C9H11BrN2O2/c1-3-14-9(13)5-4-8-7(10)6-12(2)11-8/h4-6H,3H2,1-2H3/b5-4+. The van der Waals surface area contributed by atoms with Gasteiger partial charge in [0, 0.05) is 19.3 Å². The summed E-state index contributed by atoms with van der Waals surface area (Å²) < 4.78 is 7.24. The molecule has 0 fully saturated rings. The van der Waals surface area contributed by atoms with E-state index in [0.717, 1.165) is 4.47 Å². The van der Waals surface area contributed by atoms with Gasteiger partial charge in [0.1, 0.15) is 0 Å². The minimum absolute atomic E-state index is 0.356. The summed E-state index contributed by atoms with van der Waals surface area (Å²) in [5, 5.41) is 4.12. The number of hydrogen-bond acceptors (Lipinski definition) is 3. The Morgan fingerprint density at radius 2 is 2.50 bits per heavy atom. The molecule has 0 aliphatic heterocycles. The summed E-state index contributed by atoms with van der Waals surface area (Å²) in [6, 6.07) is 0. The van der Waals surface area contributed by atoms with E-state index in [1.165, 1.54) is 6.08 Å². The lowest BCUT2D eigenvalue weighted by Crippen LogP contribution is -1.98. The zero-order valence-electron chi connectivity index (χ0n) is 8.03. The lowest BCUT2D eigenvalue weighted by Gasteiger charge is -1.93. The van der Waals surface area contributed by atoms with Crippen LogP contribution in [0.3, 0.4) is 0 Å². The summed E-state index contributed by atoms with van der Waals surface area (Å²) in [5.74, 6) is -0.356. The number of nitrogens with zero attached hydrogens (tertiary/aromatic N) is 2. The highest BCUT2D eigenvalue weighted by Crippen LogP contribution is 2.15. The van der Waals surface area contributed by atoms with Crippen LogP contribution in [0, 0.1) is 0 Å². The quantitative estimate of drug-likeness (QED) is 0.613. The largest absolute Gasteiger partial charge is 0.463 e. The molecule has 76 valence electrons. The van der Waals surface area contributed by atoms with Crippen molar-refractivity contribution in [2.75, 3.05) is 6.61 Å². The molecule has 0 saturated carbocycles. The fourth-order valence-electron chi connectivity index (χ4n) is 0.927. The van der Waals surface area contributed by atoms with Crippen LogP contribution in [-0.2, 0) is 16.6 Å². The number of esters is 1. The topological polar surface area (TPSA) is 44.1 Å². The molecule has 1 rings (SSSR count). The Morgan fingerprint density at radius 1 is 1.79 bits per heavy atom. The second-order valence-electron chi connectivity index (χ2n) is 2.62. The minimum atomic E-state index is -0.356. The molecular formula is C9H11BrN2O2. The Balaban J connectivity index is 2.68. The first kappa shape index (κ1) is 11.0. The third kappa shape index (κ3) is 2.99. The lowest BCUT2D eigenvalue weighted by molar-refractivity contribution is -0.137. The highest BCUT2D eigenvalue weighted by Gasteiger charge is 2.01. The molecule has 0 aromatic carbocycles. The van der Waals surface area contributed by atoms with Crippen LogP contribution in [-0.4, -0.2) is 22.4 Å². The SMILES string of the molecule is CCOC(=O)/C=C/c1nn(C)cc1Br. The average Bonchev–Trinajstić information content (AvgIpc) is 2.42. The molecule has 1 aromatic heterocycles. The fraction of sp³-hybridized carbons (Fsp3) is 0.333. The first-order valence-corrected chi connectivity index (χ1v) is 4.96. The van der Waals surface area contributed by atoms with Crippen LogP contribution in [0.4, 0.5) is 0 Å². The summed E-state index contributed by atoms with van der Waals surface area (Å²) in [5.41, 5.74) is 0.709. The van der Waals surface area contributed by atoms with Crippen LogP contribution in [0.1, 0.15) is 12.6 Å². The number of carbonyl (C=O) groups excluding carboxylic acids is 1. The van der Waals surface area contributed by atoms with Gasteiger partial charge in [-0.1, -0.05) is 0 Å². The highest BCUT2D eigenvalue weighted by atomic mass is 79.9. The number of ether oxygens (including phenoxy) is 1. The maximum atomic E-state index is 11.0. The molecule has 0 atom stereocenters. The van der Waals surface area contributed by atoms with Crippen molar-refractivity contribution >= 4 is 28.0 Å². The summed E-state index contributed by atoms with van der Waals surface area (Å²) in [6.07, 6.45) is 4.78. The van der Waals surface area contributed by atoms with Crippen molar-refractivity contribution in [2.24, 2.45) is 7.05 Å². The third-order valence-corrected chi connectivity index (χ3v) is 2.09. The second kappa shape index (κ2) is 4.95. The van der Waals surface area contributed by atoms with Crippen molar-refractivity contribution in [3.63, 3.8) is 0 Å². The molecule has 1 aromatic rings. The van der Waals surface area contributed by atoms with Crippen LogP contribution in [0.15, 0.2) is 16.7 Å². The zero-order chi connectivity index (χ0) is 10.6. The molecule has 0 spiro atoms. The van der Waals surface area contributed by atoms with E-state index >= 15 is 0 Å². The number of rotatable bonds is 3. The molecule has 0 amide bonds. The lowest BCUT2D eigenvalue weighted by atomic mass is 10.4. The first-order chi connectivity index (χ1) is 6.63. The van der Waals surface area contributed by atoms with Gasteiger partial charge >= 0.3 is 5.97 Å². The molecular weight excluding hydrogens is 248 g/mol. The summed E-state index contributed by atoms with van der Waals surface area (Å²) in [4.78, 5) is 11.0.